The van der Waals surface area contributed by atoms with Crippen molar-refractivity contribution in [1.82, 2.24) is 8.83 Å². The lowest BCUT2D eigenvalue weighted by atomic mass is 9.94. The third-order valence-electron chi connectivity index (χ3n) is 11.3. The summed E-state index contributed by atoms with van der Waals surface area (Å²) in [5.41, 5.74) is 20.0. The molecule has 0 radical (unpaired) electrons. The molecule has 3 aliphatic rings. The summed E-state index contributed by atoms with van der Waals surface area (Å²) in [4.78, 5) is 2.42. The van der Waals surface area contributed by atoms with Crippen LogP contribution in [-0.4, -0.2) is 16.9 Å². The first-order valence-corrected chi connectivity index (χ1v) is 23.0. The molecule has 7 aromatic carbocycles. The molecule has 278 valence electrons. The van der Waals surface area contributed by atoms with Crippen LogP contribution in [0.3, 0.4) is 0 Å². The fourth-order valence-electron chi connectivity index (χ4n) is 8.79. The van der Waals surface area contributed by atoms with E-state index in [0.29, 0.717) is 0 Å². The number of nitrogens with one attached hydrogen (secondary N) is 2. The van der Waals surface area contributed by atoms with Crippen LogP contribution in [0.25, 0.3) is 33.4 Å². The number of hydrogen-bond donors (Lipinski definition) is 2. The van der Waals surface area contributed by atoms with Crippen molar-refractivity contribution >= 4 is 59.7 Å². The van der Waals surface area contributed by atoms with Crippen molar-refractivity contribution in [2.75, 3.05) is 10.9 Å². The minimum atomic E-state index is -3.08. The summed E-state index contributed by atoms with van der Waals surface area (Å²) >= 11 is 3.61. The largest absolute Gasteiger partial charge is 0.287 e. The van der Waals surface area contributed by atoms with Gasteiger partial charge in [0, 0.05) is 35.0 Å². The number of benzene rings is 7. The first-order chi connectivity index (χ1) is 27.9. The Morgan fingerprint density at radius 1 is 0.404 bits per heavy atom. The molecule has 57 heavy (non-hydrogen) atoms. The zero-order chi connectivity index (χ0) is 38.6. The molecule has 3 heterocycles. The second-order valence-electron chi connectivity index (χ2n) is 15.7. The standard InChI is InChI=1S/C50H42N4S2Si/c1-50(2,3)57(41-27-17-8-18-28-41)48(53-51-42-33-39(29-31-44(42)55-53)35-19-9-4-10-20-35)46(37-23-13-6-14-24-37)47(38-25-15-7-16-26-38)49(57)54-52-43-34-40(30-32-45(43)56-54)36-21-11-5-12-22-36/h4-34,51-52H,1-3H3. The summed E-state index contributed by atoms with van der Waals surface area (Å²) in [6, 6.07) is 68.5. The average Bonchev–Trinajstić information content (AvgIpc) is 3.97. The summed E-state index contributed by atoms with van der Waals surface area (Å²) in [5.74, 6) is 0. The summed E-state index contributed by atoms with van der Waals surface area (Å²) in [7, 11) is -3.08. The van der Waals surface area contributed by atoms with Crippen molar-refractivity contribution in [3.05, 3.63) is 210 Å². The van der Waals surface area contributed by atoms with Crippen LogP contribution in [0.15, 0.2) is 208 Å². The Bertz CT molecular complexity index is 2500. The fourth-order valence-corrected chi connectivity index (χ4v) is 17.4. The van der Waals surface area contributed by atoms with Crippen LogP contribution in [0.2, 0.25) is 5.04 Å². The van der Waals surface area contributed by atoms with Gasteiger partial charge in [-0.25, -0.2) is 8.83 Å². The smallest absolute Gasteiger partial charge is 0.202 e. The van der Waals surface area contributed by atoms with Crippen molar-refractivity contribution in [3.63, 3.8) is 0 Å². The first-order valence-electron chi connectivity index (χ1n) is 19.4. The van der Waals surface area contributed by atoms with Gasteiger partial charge in [0.2, 0.25) is 8.07 Å². The summed E-state index contributed by atoms with van der Waals surface area (Å²) in [6.45, 7) is 7.39. The van der Waals surface area contributed by atoms with Crippen molar-refractivity contribution in [2.45, 2.75) is 35.6 Å². The van der Waals surface area contributed by atoms with E-state index in [1.807, 2.05) is 0 Å². The van der Waals surface area contributed by atoms with Crippen molar-refractivity contribution < 1.29 is 0 Å². The van der Waals surface area contributed by atoms with Gasteiger partial charge in [-0.2, -0.15) is 0 Å². The van der Waals surface area contributed by atoms with Crippen LogP contribution in [0.5, 0.6) is 0 Å². The molecule has 10 rings (SSSR count). The highest BCUT2D eigenvalue weighted by atomic mass is 32.2. The lowest BCUT2D eigenvalue weighted by Crippen LogP contribution is -2.63. The topological polar surface area (TPSA) is 30.5 Å². The van der Waals surface area contributed by atoms with Crippen molar-refractivity contribution in [1.29, 1.82) is 0 Å². The van der Waals surface area contributed by atoms with Crippen LogP contribution < -0.4 is 16.0 Å². The number of allylic oxidation sites excluding steroid dienone is 2. The van der Waals surface area contributed by atoms with E-state index in [1.54, 1.807) is 23.9 Å². The molecule has 0 atom stereocenters. The number of fused-ring (bicyclic) bond motifs is 2. The Morgan fingerprint density at radius 3 is 1.12 bits per heavy atom. The van der Waals surface area contributed by atoms with Gasteiger partial charge in [0.1, 0.15) is 0 Å². The van der Waals surface area contributed by atoms with E-state index in [0.717, 1.165) is 11.4 Å². The van der Waals surface area contributed by atoms with E-state index in [1.165, 1.54) is 70.1 Å². The third kappa shape index (κ3) is 6.00. The maximum Gasteiger partial charge on any atom is 0.202 e. The van der Waals surface area contributed by atoms with Gasteiger partial charge >= 0.3 is 0 Å². The van der Waals surface area contributed by atoms with E-state index in [2.05, 4.69) is 229 Å². The molecule has 0 unspecified atom stereocenters. The molecule has 3 aliphatic heterocycles. The molecule has 2 N–H and O–H groups in total. The predicted molar refractivity (Wildman–Crippen MR) is 245 cm³/mol. The average molecular weight is 791 g/mol. The number of nitrogens with zero attached hydrogens (tertiary/aromatic N) is 2. The van der Waals surface area contributed by atoms with Crippen LogP contribution in [0.1, 0.15) is 31.9 Å². The highest BCUT2D eigenvalue weighted by Crippen LogP contribution is 2.62. The normalized spacial score (nSPS) is 15.7. The monoisotopic (exact) mass is 790 g/mol. The van der Waals surface area contributed by atoms with Gasteiger partial charge in [-0.05, 0) is 67.9 Å². The molecule has 0 aromatic heterocycles. The molecule has 0 fully saturated rings. The first kappa shape index (κ1) is 35.5. The number of hydrogen-bond acceptors (Lipinski definition) is 6. The third-order valence-corrected chi connectivity index (χ3v) is 19.5. The van der Waals surface area contributed by atoms with Gasteiger partial charge in [0.25, 0.3) is 0 Å². The lowest BCUT2D eigenvalue weighted by Gasteiger charge is -2.47. The minimum Gasteiger partial charge on any atom is -0.287 e. The molecule has 7 heteroatoms. The van der Waals surface area contributed by atoms with E-state index in [-0.39, 0.29) is 5.04 Å². The van der Waals surface area contributed by atoms with Crippen molar-refractivity contribution in [2.24, 2.45) is 0 Å². The zero-order valence-corrected chi connectivity index (χ0v) is 34.7. The van der Waals surface area contributed by atoms with Crippen LogP contribution >= 0.6 is 23.9 Å². The lowest BCUT2D eigenvalue weighted by molar-refractivity contribution is 0.661. The molecule has 7 aromatic rings. The molecule has 0 spiro atoms. The molecule has 0 amide bonds. The Morgan fingerprint density at radius 2 is 0.754 bits per heavy atom. The molecule has 0 saturated heterocycles. The van der Waals surface area contributed by atoms with Gasteiger partial charge in [0.15, 0.2) is 0 Å². The van der Waals surface area contributed by atoms with E-state index < -0.39 is 8.07 Å². The summed E-state index contributed by atoms with van der Waals surface area (Å²) < 4.78 is 4.87. The van der Waals surface area contributed by atoms with E-state index >= 15 is 0 Å². The predicted octanol–water partition coefficient (Wildman–Crippen LogP) is 13.1. The molecule has 4 nitrogen and oxygen atoms in total. The molecule has 0 bridgehead atoms. The Hall–Kier alpha value is -5.86. The fraction of sp³-hybridized carbons (Fsp3) is 0.0800. The quantitative estimate of drug-likeness (QED) is 0.124. The van der Waals surface area contributed by atoms with Crippen LogP contribution in [0.4, 0.5) is 11.4 Å². The molecular weight excluding hydrogens is 749 g/mol. The van der Waals surface area contributed by atoms with E-state index in [4.69, 9.17) is 0 Å². The number of hydrazine groups is 2. The van der Waals surface area contributed by atoms with Crippen LogP contribution in [0, 0.1) is 0 Å². The zero-order valence-electron chi connectivity index (χ0n) is 32.1. The van der Waals surface area contributed by atoms with Gasteiger partial charge in [-0.1, -0.05) is 185 Å². The van der Waals surface area contributed by atoms with Gasteiger partial charge in [-0.3, -0.25) is 10.9 Å². The number of rotatable bonds is 7. The van der Waals surface area contributed by atoms with Crippen molar-refractivity contribution in [3.8, 4) is 22.3 Å². The van der Waals surface area contributed by atoms with E-state index in [9.17, 15) is 0 Å². The SMILES string of the molecule is CC(C)(C)[Si]1(c2ccccc2)C(N2Nc3cc(-c4ccccc4)ccc3S2)=C(c2ccccc2)C(c2ccccc2)=C1N1Nc2cc(-c3ccccc3)ccc2S1. The summed E-state index contributed by atoms with van der Waals surface area (Å²) in [6.07, 6.45) is 0. The molecule has 0 aliphatic carbocycles. The summed E-state index contributed by atoms with van der Waals surface area (Å²) in [5, 5.41) is 3.85. The maximum atomic E-state index is 4.01. The second-order valence-corrected chi connectivity index (χ2v) is 22.2. The Kier molecular flexibility index (Phi) is 8.89. The second kappa shape index (κ2) is 14.3. The van der Waals surface area contributed by atoms with Gasteiger partial charge < -0.3 is 0 Å². The Labute approximate surface area is 345 Å². The number of anilines is 2. The maximum absolute atomic E-state index is 4.01. The highest BCUT2D eigenvalue weighted by molar-refractivity contribution is 7.98. The molecular formula is C50H42N4S2Si. The van der Waals surface area contributed by atoms with Gasteiger partial charge in [-0.15, -0.1) is 0 Å². The molecule has 0 saturated carbocycles. The Balaban J connectivity index is 1.23. The minimum absolute atomic E-state index is 0.200. The van der Waals surface area contributed by atoms with Crippen LogP contribution in [-0.2, 0) is 0 Å². The van der Waals surface area contributed by atoms with Gasteiger partial charge in [0.05, 0.1) is 31.8 Å². The highest BCUT2D eigenvalue weighted by Gasteiger charge is 2.63.